The lowest BCUT2D eigenvalue weighted by Crippen LogP contribution is -2.25. The number of benzene rings is 2. The van der Waals surface area contributed by atoms with Crippen molar-refractivity contribution in [1.29, 1.82) is 0 Å². The third kappa shape index (κ3) is 2.20. The van der Waals surface area contributed by atoms with Crippen LogP contribution in [0.15, 0.2) is 42.5 Å². The normalized spacial score (nSPS) is 10.3. The molecule has 0 atom stereocenters. The summed E-state index contributed by atoms with van der Waals surface area (Å²) in [6, 6.07) is 13.3. The molecule has 1 N–H and O–H groups in total. The fourth-order valence-electron chi connectivity index (χ4n) is 1.60. The Morgan fingerprint density at radius 2 is 1.81 bits per heavy atom. The van der Waals surface area contributed by atoms with Crippen LogP contribution in [0.5, 0.6) is 0 Å². The van der Waals surface area contributed by atoms with E-state index < -0.39 is 0 Å². The van der Waals surface area contributed by atoms with E-state index in [9.17, 15) is 9.90 Å². The number of carbonyl (C=O) groups is 1. The van der Waals surface area contributed by atoms with E-state index in [0.29, 0.717) is 5.56 Å². The first kappa shape index (κ1) is 10.6. The number of fused-ring (bicyclic) bond motifs is 1. The SMILES string of the molecule is [O]CCNC(=O)c1ccc2ccccc2c1. The first-order valence-electron chi connectivity index (χ1n) is 5.16. The molecule has 0 aliphatic carbocycles. The summed E-state index contributed by atoms with van der Waals surface area (Å²) in [4.78, 5) is 11.6. The molecule has 0 heterocycles. The van der Waals surface area contributed by atoms with E-state index in [1.807, 2.05) is 36.4 Å². The van der Waals surface area contributed by atoms with E-state index in [2.05, 4.69) is 5.32 Å². The van der Waals surface area contributed by atoms with E-state index in [1.54, 1.807) is 6.07 Å². The minimum absolute atomic E-state index is 0.172. The van der Waals surface area contributed by atoms with Crippen LogP contribution in [0.2, 0.25) is 0 Å². The van der Waals surface area contributed by atoms with Gasteiger partial charge in [0.1, 0.15) is 0 Å². The van der Waals surface area contributed by atoms with Crippen LogP contribution < -0.4 is 5.32 Å². The van der Waals surface area contributed by atoms with E-state index >= 15 is 0 Å². The molecule has 0 aromatic heterocycles. The third-order valence-corrected chi connectivity index (χ3v) is 2.40. The molecule has 0 fully saturated rings. The molecule has 2 rings (SSSR count). The smallest absolute Gasteiger partial charge is 0.251 e. The van der Waals surface area contributed by atoms with E-state index in [4.69, 9.17) is 0 Å². The minimum atomic E-state index is -0.292. The van der Waals surface area contributed by atoms with E-state index in [0.717, 1.165) is 10.8 Å². The molecular formula is C13H12NO2. The van der Waals surface area contributed by atoms with E-state index in [1.165, 1.54) is 0 Å². The average Bonchev–Trinajstić information content (AvgIpc) is 2.35. The van der Waals surface area contributed by atoms with Gasteiger partial charge in [0.15, 0.2) is 0 Å². The van der Waals surface area contributed by atoms with Gasteiger partial charge in [-0.1, -0.05) is 30.3 Å². The predicted octanol–water partition coefficient (Wildman–Crippen LogP) is 2.00. The van der Waals surface area contributed by atoms with Gasteiger partial charge in [-0.3, -0.25) is 4.79 Å². The van der Waals surface area contributed by atoms with Gasteiger partial charge in [-0.2, -0.15) is 0 Å². The molecule has 16 heavy (non-hydrogen) atoms. The molecule has 2 aromatic carbocycles. The third-order valence-electron chi connectivity index (χ3n) is 2.40. The zero-order valence-corrected chi connectivity index (χ0v) is 8.77. The van der Waals surface area contributed by atoms with Gasteiger partial charge in [0, 0.05) is 12.1 Å². The molecule has 81 valence electrons. The molecule has 3 nitrogen and oxygen atoms in total. The number of amides is 1. The van der Waals surface area contributed by atoms with Crippen LogP contribution in [0.1, 0.15) is 10.4 Å². The number of hydrogen-bond donors (Lipinski definition) is 1. The van der Waals surface area contributed by atoms with Crippen LogP contribution in [0.4, 0.5) is 0 Å². The fourth-order valence-corrected chi connectivity index (χ4v) is 1.60. The summed E-state index contributed by atoms with van der Waals surface area (Å²) in [5.41, 5.74) is 0.590. The standard InChI is InChI=1S/C13H12NO2/c15-8-7-14-13(16)12-6-5-10-3-1-2-4-11(10)9-12/h1-6,9H,7-8H2,(H,14,16). The highest BCUT2D eigenvalue weighted by atomic mass is 16.3. The van der Waals surface area contributed by atoms with Crippen molar-refractivity contribution in [1.82, 2.24) is 5.32 Å². The molecule has 1 radical (unpaired) electrons. The molecule has 3 heteroatoms. The zero-order valence-electron chi connectivity index (χ0n) is 8.77. The maximum Gasteiger partial charge on any atom is 0.251 e. The van der Waals surface area contributed by atoms with Gasteiger partial charge >= 0.3 is 0 Å². The molecule has 0 spiro atoms. The maximum absolute atomic E-state index is 11.6. The summed E-state index contributed by atoms with van der Waals surface area (Å²) >= 11 is 0. The highest BCUT2D eigenvalue weighted by Crippen LogP contribution is 2.15. The summed E-state index contributed by atoms with van der Waals surface area (Å²) < 4.78 is 0. The van der Waals surface area contributed by atoms with Gasteiger partial charge in [-0.25, -0.2) is 5.11 Å². The van der Waals surface area contributed by atoms with Crippen molar-refractivity contribution < 1.29 is 9.90 Å². The molecule has 0 unspecified atom stereocenters. The monoisotopic (exact) mass is 214 g/mol. The summed E-state index contributed by atoms with van der Waals surface area (Å²) in [6.07, 6.45) is 0. The number of hydrogen-bond acceptors (Lipinski definition) is 1. The molecule has 0 saturated heterocycles. The lowest BCUT2D eigenvalue weighted by Gasteiger charge is -2.04. The quantitative estimate of drug-likeness (QED) is 0.834. The highest BCUT2D eigenvalue weighted by molar-refractivity contribution is 5.98. The number of nitrogens with one attached hydrogen (secondary N) is 1. The van der Waals surface area contributed by atoms with Gasteiger partial charge in [-0.15, -0.1) is 0 Å². The molecule has 0 aliphatic rings. The molecule has 2 aromatic rings. The van der Waals surface area contributed by atoms with Gasteiger partial charge in [0.25, 0.3) is 5.91 Å². The summed E-state index contributed by atoms with van der Waals surface area (Å²) in [5.74, 6) is -0.193. The largest absolute Gasteiger partial charge is 0.350 e. The Morgan fingerprint density at radius 3 is 2.56 bits per heavy atom. The molecular weight excluding hydrogens is 202 g/mol. The Hall–Kier alpha value is -1.87. The van der Waals surface area contributed by atoms with Crippen molar-refractivity contribution in [2.45, 2.75) is 0 Å². The fraction of sp³-hybridized carbons (Fsp3) is 0.154. The highest BCUT2D eigenvalue weighted by Gasteiger charge is 2.04. The summed E-state index contributed by atoms with van der Waals surface area (Å²) in [7, 11) is 0. The molecule has 0 aliphatic heterocycles. The van der Waals surface area contributed by atoms with Crippen LogP contribution in [-0.2, 0) is 5.11 Å². The average molecular weight is 214 g/mol. The van der Waals surface area contributed by atoms with Crippen LogP contribution in [0.3, 0.4) is 0 Å². The van der Waals surface area contributed by atoms with Crippen molar-refractivity contribution in [2.75, 3.05) is 13.2 Å². The van der Waals surface area contributed by atoms with Gasteiger partial charge in [-0.05, 0) is 22.9 Å². The molecule has 0 saturated carbocycles. The second-order valence-electron chi connectivity index (χ2n) is 3.52. The predicted molar refractivity (Wildman–Crippen MR) is 61.8 cm³/mol. The van der Waals surface area contributed by atoms with Crippen molar-refractivity contribution in [3.05, 3.63) is 48.0 Å². The Bertz CT molecular complexity index is 508. The van der Waals surface area contributed by atoms with Crippen molar-refractivity contribution in [2.24, 2.45) is 0 Å². The van der Waals surface area contributed by atoms with Crippen molar-refractivity contribution in [3.63, 3.8) is 0 Å². The number of rotatable bonds is 3. The maximum atomic E-state index is 11.6. The zero-order chi connectivity index (χ0) is 11.4. The molecule has 1 amide bonds. The minimum Gasteiger partial charge on any atom is -0.350 e. The van der Waals surface area contributed by atoms with Crippen LogP contribution in [0, 0.1) is 0 Å². The van der Waals surface area contributed by atoms with Crippen LogP contribution in [0.25, 0.3) is 10.8 Å². The Kier molecular flexibility index (Phi) is 3.17. The lowest BCUT2D eigenvalue weighted by molar-refractivity contribution is 0.0933. The van der Waals surface area contributed by atoms with Crippen LogP contribution in [-0.4, -0.2) is 19.1 Å². The van der Waals surface area contributed by atoms with Crippen molar-refractivity contribution >= 4 is 16.7 Å². The Labute approximate surface area is 93.7 Å². The van der Waals surface area contributed by atoms with Crippen LogP contribution >= 0.6 is 0 Å². The van der Waals surface area contributed by atoms with Gasteiger partial charge in [0.2, 0.25) is 0 Å². The Balaban J connectivity index is 2.28. The number of carbonyl (C=O) groups excluding carboxylic acids is 1. The van der Waals surface area contributed by atoms with Gasteiger partial charge < -0.3 is 5.32 Å². The van der Waals surface area contributed by atoms with Gasteiger partial charge in [0.05, 0.1) is 6.61 Å². The Morgan fingerprint density at radius 1 is 1.06 bits per heavy atom. The first-order valence-corrected chi connectivity index (χ1v) is 5.16. The lowest BCUT2D eigenvalue weighted by atomic mass is 10.1. The topological polar surface area (TPSA) is 49.0 Å². The first-order chi connectivity index (χ1) is 7.81. The van der Waals surface area contributed by atoms with Crippen molar-refractivity contribution in [3.8, 4) is 0 Å². The summed E-state index contributed by atoms with van der Waals surface area (Å²) in [6.45, 7) is -0.120. The van der Waals surface area contributed by atoms with E-state index in [-0.39, 0.29) is 19.1 Å². The second kappa shape index (κ2) is 4.77. The summed E-state index contributed by atoms with van der Waals surface area (Å²) in [5, 5.41) is 15.0. The molecule has 0 bridgehead atoms. The second-order valence-corrected chi connectivity index (χ2v) is 3.52.